The second-order valence-corrected chi connectivity index (χ2v) is 18.0. The van der Waals surface area contributed by atoms with Gasteiger partial charge in [-0.3, -0.25) is 0 Å². The van der Waals surface area contributed by atoms with E-state index in [0.29, 0.717) is 5.92 Å². The molecule has 1 unspecified atom stereocenters. The van der Waals surface area contributed by atoms with Crippen LogP contribution in [0.5, 0.6) is 0 Å². The Morgan fingerprint density at radius 1 is 0.522 bits per heavy atom. The van der Waals surface area contributed by atoms with Gasteiger partial charge >= 0.3 is 0 Å². The van der Waals surface area contributed by atoms with Crippen molar-refractivity contribution >= 4 is 16.9 Å². The zero-order valence-corrected chi connectivity index (χ0v) is 38.9. The van der Waals surface area contributed by atoms with Gasteiger partial charge in [-0.05, 0) is 145 Å². The van der Waals surface area contributed by atoms with Crippen molar-refractivity contribution in [3.05, 3.63) is 282 Å². The highest BCUT2D eigenvalue weighted by molar-refractivity contribution is 5.91. The molecular weight excluding hydrogens is 807 g/mol. The molecule has 1 heteroatoms. The van der Waals surface area contributed by atoms with Crippen LogP contribution in [0.15, 0.2) is 243 Å². The van der Waals surface area contributed by atoms with Gasteiger partial charge in [0.2, 0.25) is 0 Å². The summed E-state index contributed by atoms with van der Waals surface area (Å²) in [7, 11) is 0. The number of fused-ring (bicyclic) bond motifs is 3. The van der Waals surface area contributed by atoms with E-state index in [1.54, 1.807) is 0 Å². The predicted octanol–water partition coefficient (Wildman–Crippen LogP) is 17.7. The number of benzene rings is 9. The van der Waals surface area contributed by atoms with Crippen LogP contribution in [-0.2, 0) is 5.41 Å². The molecular formula is C66H57N. The van der Waals surface area contributed by atoms with Gasteiger partial charge in [0, 0.05) is 17.9 Å². The summed E-state index contributed by atoms with van der Waals surface area (Å²) in [5.41, 5.74) is 22.3. The van der Waals surface area contributed by atoms with Gasteiger partial charge in [0.15, 0.2) is 0 Å². The number of aryl methyl sites for hydroxylation is 1. The molecule has 0 amide bonds. The summed E-state index contributed by atoms with van der Waals surface area (Å²) in [4.78, 5) is 2.51. The molecule has 0 bridgehead atoms. The van der Waals surface area contributed by atoms with Crippen LogP contribution in [0.4, 0.5) is 11.4 Å². The molecule has 1 atom stereocenters. The van der Waals surface area contributed by atoms with E-state index >= 15 is 0 Å². The lowest BCUT2D eigenvalue weighted by atomic mass is 9.67. The van der Waals surface area contributed by atoms with Crippen LogP contribution >= 0.6 is 0 Å². The Balaban J connectivity index is 1.09. The maximum atomic E-state index is 4.11. The average molecular weight is 864 g/mol. The minimum atomic E-state index is -0.431. The zero-order valence-electron chi connectivity index (χ0n) is 38.9. The monoisotopic (exact) mass is 863 g/mol. The largest absolute Gasteiger partial charge is 0.341 e. The van der Waals surface area contributed by atoms with Crippen LogP contribution in [0.2, 0.25) is 0 Å². The second kappa shape index (κ2) is 19.0. The van der Waals surface area contributed by atoms with E-state index in [9.17, 15) is 0 Å². The summed E-state index contributed by atoms with van der Waals surface area (Å²) in [5.74, 6) is 0.455. The van der Waals surface area contributed by atoms with Crippen LogP contribution in [0.25, 0.3) is 50.1 Å². The van der Waals surface area contributed by atoms with Crippen molar-refractivity contribution < 1.29 is 0 Å². The standard InChI is InChI=1S/C66H57N/c1-5-23-49(50-25-10-7-11-26-50)42-43-67(57-34-22-28-53(45-57)59-38-20-24-48(4)65(59)61-37-17-16-35-58(61)47(3)6-2)56-33-21-27-51(44-56)52-40-41-64-62(46-52)60-36-18-19-39-63(60)66(64,54-29-12-8-13-30-54)55-31-14-9-15-32-55/h5,7-41,44-47H,1,6,42-43H2,2-4H3/b49-23+. The molecule has 0 aromatic heterocycles. The quantitative estimate of drug-likeness (QED) is 0.0985. The Kier molecular flexibility index (Phi) is 12.2. The first-order chi connectivity index (χ1) is 33.0. The maximum Gasteiger partial charge on any atom is 0.0713 e. The molecule has 9 aromatic rings. The molecule has 326 valence electrons. The van der Waals surface area contributed by atoms with Gasteiger partial charge in [-0.25, -0.2) is 0 Å². The molecule has 1 nitrogen and oxygen atoms in total. The van der Waals surface area contributed by atoms with Crippen molar-refractivity contribution in [2.75, 3.05) is 11.4 Å². The van der Waals surface area contributed by atoms with Gasteiger partial charge in [-0.15, -0.1) is 0 Å². The van der Waals surface area contributed by atoms with E-state index in [2.05, 4.69) is 263 Å². The minimum absolute atomic E-state index is 0.431. The molecule has 0 N–H and O–H groups in total. The molecule has 0 heterocycles. The molecule has 0 saturated carbocycles. The highest BCUT2D eigenvalue weighted by Crippen LogP contribution is 2.56. The number of rotatable bonds is 14. The van der Waals surface area contributed by atoms with Crippen molar-refractivity contribution in [1.82, 2.24) is 0 Å². The predicted molar refractivity (Wildman–Crippen MR) is 286 cm³/mol. The third-order valence-electron chi connectivity index (χ3n) is 14.1. The first-order valence-electron chi connectivity index (χ1n) is 23.9. The fourth-order valence-corrected chi connectivity index (χ4v) is 10.7. The summed E-state index contributed by atoms with van der Waals surface area (Å²) < 4.78 is 0. The van der Waals surface area contributed by atoms with Crippen molar-refractivity contribution in [3.63, 3.8) is 0 Å². The van der Waals surface area contributed by atoms with E-state index in [-0.39, 0.29) is 0 Å². The lowest BCUT2D eigenvalue weighted by molar-refractivity contribution is 0.735. The third-order valence-corrected chi connectivity index (χ3v) is 14.1. The van der Waals surface area contributed by atoms with Gasteiger partial charge in [-0.1, -0.05) is 227 Å². The van der Waals surface area contributed by atoms with Gasteiger partial charge in [0.25, 0.3) is 0 Å². The number of anilines is 2. The molecule has 10 rings (SSSR count). The van der Waals surface area contributed by atoms with E-state index in [1.165, 1.54) is 89.0 Å². The van der Waals surface area contributed by atoms with Gasteiger partial charge in [0.1, 0.15) is 0 Å². The SMILES string of the molecule is C=C/C=C(\CCN(c1cccc(-c2ccc3c(c2)-c2ccccc2C3(c2ccccc2)c2ccccc2)c1)c1cccc(-c2cccc(C)c2-c2ccccc2C(C)CC)c1)c1ccccc1. The van der Waals surface area contributed by atoms with Crippen LogP contribution < -0.4 is 4.90 Å². The van der Waals surface area contributed by atoms with Crippen molar-refractivity contribution in [2.24, 2.45) is 0 Å². The summed E-state index contributed by atoms with van der Waals surface area (Å²) in [5, 5.41) is 0. The first kappa shape index (κ1) is 43.2. The van der Waals surface area contributed by atoms with Gasteiger partial charge < -0.3 is 4.90 Å². The summed E-state index contributed by atoms with van der Waals surface area (Å²) in [6.07, 6.45) is 6.01. The van der Waals surface area contributed by atoms with Crippen LogP contribution in [0, 0.1) is 6.92 Å². The molecule has 0 saturated heterocycles. The van der Waals surface area contributed by atoms with Crippen molar-refractivity contribution in [2.45, 2.75) is 44.9 Å². The highest BCUT2D eigenvalue weighted by Gasteiger charge is 2.46. The molecule has 0 aliphatic heterocycles. The van der Waals surface area contributed by atoms with Crippen LogP contribution in [0.3, 0.4) is 0 Å². The minimum Gasteiger partial charge on any atom is -0.341 e. The molecule has 1 aliphatic carbocycles. The highest BCUT2D eigenvalue weighted by atomic mass is 15.1. The molecule has 1 aliphatic rings. The molecule has 0 spiro atoms. The number of nitrogens with zero attached hydrogens (tertiary/aromatic N) is 1. The second-order valence-electron chi connectivity index (χ2n) is 18.0. The Morgan fingerprint density at radius 2 is 1.07 bits per heavy atom. The number of allylic oxidation sites excluding steroid dienone is 2. The number of hydrogen-bond donors (Lipinski definition) is 0. The van der Waals surface area contributed by atoms with Crippen molar-refractivity contribution in [1.29, 1.82) is 0 Å². The van der Waals surface area contributed by atoms with Crippen molar-refractivity contribution in [3.8, 4) is 44.5 Å². The maximum absolute atomic E-state index is 4.11. The van der Waals surface area contributed by atoms with E-state index in [4.69, 9.17) is 0 Å². The Morgan fingerprint density at radius 3 is 1.76 bits per heavy atom. The van der Waals surface area contributed by atoms with Gasteiger partial charge in [0.05, 0.1) is 5.41 Å². The van der Waals surface area contributed by atoms with E-state index < -0.39 is 5.41 Å². The van der Waals surface area contributed by atoms with E-state index in [0.717, 1.165) is 30.8 Å². The topological polar surface area (TPSA) is 3.24 Å². The molecule has 67 heavy (non-hydrogen) atoms. The first-order valence-corrected chi connectivity index (χ1v) is 23.9. The Bertz CT molecular complexity index is 3170. The summed E-state index contributed by atoms with van der Waals surface area (Å²) >= 11 is 0. The van der Waals surface area contributed by atoms with Gasteiger partial charge in [-0.2, -0.15) is 0 Å². The summed E-state index contributed by atoms with van der Waals surface area (Å²) in [6.45, 7) is 11.8. The zero-order chi connectivity index (χ0) is 45.7. The van der Waals surface area contributed by atoms with Crippen LogP contribution in [0.1, 0.15) is 71.6 Å². The molecule has 0 fully saturated rings. The van der Waals surface area contributed by atoms with Crippen LogP contribution in [-0.4, -0.2) is 6.54 Å². The Hall–Kier alpha value is -7.74. The molecule has 9 aromatic carbocycles. The third kappa shape index (κ3) is 8.06. The average Bonchev–Trinajstić information content (AvgIpc) is 3.69. The van der Waals surface area contributed by atoms with E-state index in [1.807, 2.05) is 6.08 Å². The normalized spacial score (nSPS) is 13.1. The fourth-order valence-electron chi connectivity index (χ4n) is 10.7. The fraction of sp³-hybridized carbons (Fsp3) is 0.121. The Labute approximate surface area is 398 Å². The lowest BCUT2D eigenvalue weighted by Crippen LogP contribution is -2.28. The lowest BCUT2D eigenvalue weighted by Gasteiger charge is -2.33. The number of hydrogen-bond acceptors (Lipinski definition) is 1. The summed E-state index contributed by atoms with van der Waals surface area (Å²) in [6, 6.07) is 83.1. The molecule has 0 radical (unpaired) electrons. The smallest absolute Gasteiger partial charge is 0.0713 e.